The number of hydrogen-bond donors (Lipinski definition) is 1. The van der Waals surface area contributed by atoms with Crippen LogP contribution in [0.2, 0.25) is 0 Å². The molecule has 0 radical (unpaired) electrons. The molecule has 2 heteroatoms. The second-order valence-electron chi connectivity index (χ2n) is 4.46. The molecule has 1 unspecified atom stereocenters. The zero-order valence-electron chi connectivity index (χ0n) is 10.5. The highest BCUT2D eigenvalue weighted by Gasteiger charge is 2.25. The first kappa shape index (κ1) is 13.5. The first-order valence-corrected chi connectivity index (χ1v) is 6.00. The average molecular weight is 229 g/mol. The number of aliphatic hydroxyl groups is 1. The Labute approximate surface area is 103 Å². The zero-order chi connectivity index (χ0) is 12.7. The van der Waals surface area contributed by atoms with Gasteiger partial charge in [0.15, 0.2) is 0 Å². The fourth-order valence-electron chi connectivity index (χ4n) is 1.68. The molecule has 1 atom stereocenters. The van der Waals surface area contributed by atoms with Crippen molar-refractivity contribution in [1.29, 1.82) is 5.26 Å². The van der Waals surface area contributed by atoms with Gasteiger partial charge in [-0.15, -0.1) is 0 Å². The Morgan fingerprint density at radius 1 is 1.41 bits per heavy atom. The third-order valence-electron chi connectivity index (χ3n) is 2.83. The smallest absolute Gasteiger partial charge is 0.0977 e. The van der Waals surface area contributed by atoms with Gasteiger partial charge < -0.3 is 5.11 Å². The Kier molecular flexibility index (Phi) is 4.93. The van der Waals surface area contributed by atoms with Crippen LogP contribution in [-0.4, -0.2) is 10.7 Å². The molecule has 1 rings (SSSR count). The first-order valence-electron chi connectivity index (χ1n) is 6.00. The normalized spacial score (nSPS) is 15.1. The average Bonchev–Trinajstić information content (AvgIpc) is 2.34. The lowest BCUT2D eigenvalue weighted by Crippen LogP contribution is -2.26. The van der Waals surface area contributed by atoms with E-state index >= 15 is 0 Å². The molecule has 0 aliphatic rings. The van der Waals surface area contributed by atoms with E-state index in [1.807, 2.05) is 30.3 Å². The van der Waals surface area contributed by atoms with Gasteiger partial charge in [0.05, 0.1) is 17.2 Å². The molecule has 0 aromatic heterocycles. The van der Waals surface area contributed by atoms with Gasteiger partial charge in [-0.25, -0.2) is 0 Å². The van der Waals surface area contributed by atoms with Gasteiger partial charge in [-0.3, -0.25) is 0 Å². The van der Waals surface area contributed by atoms with Gasteiger partial charge >= 0.3 is 0 Å². The second-order valence-corrected chi connectivity index (χ2v) is 4.46. The lowest BCUT2D eigenvalue weighted by atomic mass is 9.89. The molecule has 0 amide bonds. The molecule has 0 saturated heterocycles. The molecule has 0 aliphatic heterocycles. The second kappa shape index (κ2) is 6.22. The molecule has 0 aliphatic carbocycles. The maximum absolute atomic E-state index is 10.3. The number of benzene rings is 1. The molecule has 1 N–H and O–H groups in total. The van der Waals surface area contributed by atoms with E-state index in [0.717, 1.165) is 18.4 Å². The van der Waals surface area contributed by atoms with Crippen molar-refractivity contribution in [2.24, 2.45) is 0 Å². The third-order valence-corrected chi connectivity index (χ3v) is 2.83. The van der Waals surface area contributed by atoms with Crippen molar-refractivity contribution in [3.8, 4) is 6.07 Å². The number of unbranched alkanes of at least 4 members (excludes halogenated alkanes) is 1. The molecule has 90 valence electrons. The van der Waals surface area contributed by atoms with E-state index in [9.17, 15) is 5.11 Å². The van der Waals surface area contributed by atoms with Crippen LogP contribution in [0.15, 0.2) is 35.9 Å². The molecule has 1 aromatic rings. The minimum atomic E-state index is -1.03. The summed E-state index contributed by atoms with van der Waals surface area (Å²) in [7, 11) is 0. The van der Waals surface area contributed by atoms with E-state index in [2.05, 4.69) is 13.0 Å². The fourth-order valence-corrected chi connectivity index (χ4v) is 1.68. The van der Waals surface area contributed by atoms with Crippen molar-refractivity contribution >= 4 is 6.08 Å². The van der Waals surface area contributed by atoms with Gasteiger partial charge in [-0.1, -0.05) is 50.1 Å². The predicted molar refractivity (Wildman–Crippen MR) is 70.2 cm³/mol. The maximum Gasteiger partial charge on any atom is 0.0977 e. The highest BCUT2D eigenvalue weighted by atomic mass is 16.3. The molecule has 0 spiro atoms. The summed E-state index contributed by atoms with van der Waals surface area (Å²) >= 11 is 0. The Morgan fingerprint density at radius 2 is 2.06 bits per heavy atom. The molecule has 0 fully saturated rings. The summed E-state index contributed by atoms with van der Waals surface area (Å²) < 4.78 is 0. The fraction of sp³-hybridized carbons (Fsp3) is 0.400. The van der Waals surface area contributed by atoms with Crippen LogP contribution in [-0.2, 0) is 0 Å². The number of hydrogen-bond acceptors (Lipinski definition) is 2. The van der Waals surface area contributed by atoms with Crippen LogP contribution in [0.25, 0.3) is 6.08 Å². The van der Waals surface area contributed by atoms with E-state index in [4.69, 9.17) is 5.26 Å². The first-order chi connectivity index (χ1) is 8.10. The largest absolute Gasteiger partial charge is 0.385 e. The van der Waals surface area contributed by atoms with Crippen molar-refractivity contribution < 1.29 is 5.11 Å². The Bertz CT molecular complexity index is 412. The van der Waals surface area contributed by atoms with Crippen LogP contribution in [0.5, 0.6) is 0 Å². The molecule has 0 saturated carbocycles. The van der Waals surface area contributed by atoms with Crippen molar-refractivity contribution in [3.05, 3.63) is 41.5 Å². The summed E-state index contributed by atoms with van der Waals surface area (Å²) in [6.07, 6.45) is 4.31. The number of nitriles is 1. The highest BCUT2D eigenvalue weighted by molar-refractivity contribution is 5.59. The molecule has 2 nitrogen and oxygen atoms in total. The Morgan fingerprint density at radius 3 is 2.59 bits per heavy atom. The minimum absolute atomic E-state index is 0.428. The monoisotopic (exact) mass is 229 g/mol. The van der Waals surface area contributed by atoms with Crippen molar-refractivity contribution in [2.45, 2.75) is 38.7 Å². The zero-order valence-corrected chi connectivity index (χ0v) is 10.5. The minimum Gasteiger partial charge on any atom is -0.385 e. The summed E-state index contributed by atoms with van der Waals surface area (Å²) in [5.41, 5.74) is 0.346. The molecule has 0 bridgehead atoms. The number of rotatable bonds is 5. The van der Waals surface area contributed by atoms with E-state index in [1.54, 1.807) is 13.0 Å². The maximum atomic E-state index is 10.3. The van der Waals surface area contributed by atoms with Crippen LogP contribution in [0.1, 0.15) is 38.7 Å². The summed E-state index contributed by atoms with van der Waals surface area (Å²) in [5.74, 6) is 0. The summed E-state index contributed by atoms with van der Waals surface area (Å²) in [6, 6.07) is 11.7. The molecular formula is C15H19NO. The van der Waals surface area contributed by atoms with Gasteiger partial charge in [0.2, 0.25) is 0 Å². The standard InChI is InChI=1S/C15H19NO/c1-3-4-10-15(2,17)14(12-16)11-13-8-6-5-7-9-13/h5-9,11,17H,3-4,10H2,1-2H3/b14-11+. The Balaban J connectivity index is 2.92. The van der Waals surface area contributed by atoms with Crippen LogP contribution >= 0.6 is 0 Å². The lowest BCUT2D eigenvalue weighted by molar-refractivity contribution is 0.0920. The molecule has 0 heterocycles. The van der Waals surface area contributed by atoms with E-state index in [-0.39, 0.29) is 0 Å². The SMILES string of the molecule is CCCCC(C)(O)/C(C#N)=C/c1ccccc1. The lowest BCUT2D eigenvalue weighted by Gasteiger charge is -2.22. The van der Waals surface area contributed by atoms with Gasteiger partial charge in [-0.2, -0.15) is 5.26 Å². The van der Waals surface area contributed by atoms with Crippen LogP contribution < -0.4 is 0 Å². The van der Waals surface area contributed by atoms with Crippen LogP contribution in [0.4, 0.5) is 0 Å². The number of nitrogens with zero attached hydrogens (tertiary/aromatic N) is 1. The van der Waals surface area contributed by atoms with Crippen molar-refractivity contribution in [2.75, 3.05) is 0 Å². The van der Waals surface area contributed by atoms with Crippen molar-refractivity contribution in [3.63, 3.8) is 0 Å². The van der Waals surface area contributed by atoms with Gasteiger partial charge in [0.25, 0.3) is 0 Å². The van der Waals surface area contributed by atoms with Crippen LogP contribution in [0, 0.1) is 11.3 Å². The van der Waals surface area contributed by atoms with E-state index < -0.39 is 5.60 Å². The summed E-state index contributed by atoms with van der Waals surface area (Å²) in [5, 5.41) is 19.4. The Hall–Kier alpha value is -1.59. The molecular weight excluding hydrogens is 210 g/mol. The quantitative estimate of drug-likeness (QED) is 0.785. The van der Waals surface area contributed by atoms with E-state index in [0.29, 0.717) is 12.0 Å². The molecule has 17 heavy (non-hydrogen) atoms. The summed E-state index contributed by atoms with van der Waals surface area (Å²) in [6.45, 7) is 3.78. The predicted octanol–water partition coefficient (Wildman–Crippen LogP) is 3.53. The van der Waals surface area contributed by atoms with Gasteiger partial charge in [0.1, 0.15) is 0 Å². The van der Waals surface area contributed by atoms with E-state index in [1.165, 1.54) is 0 Å². The highest BCUT2D eigenvalue weighted by Crippen LogP contribution is 2.24. The molecule has 1 aromatic carbocycles. The van der Waals surface area contributed by atoms with Gasteiger partial charge in [-0.05, 0) is 25.0 Å². The summed E-state index contributed by atoms with van der Waals surface area (Å²) in [4.78, 5) is 0. The third kappa shape index (κ3) is 4.05. The topological polar surface area (TPSA) is 44.0 Å². The van der Waals surface area contributed by atoms with Crippen molar-refractivity contribution in [1.82, 2.24) is 0 Å². The van der Waals surface area contributed by atoms with Gasteiger partial charge in [0, 0.05) is 0 Å². The van der Waals surface area contributed by atoms with Crippen LogP contribution in [0.3, 0.4) is 0 Å².